The Morgan fingerprint density at radius 1 is 1.00 bits per heavy atom. The second-order valence-corrected chi connectivity index (χ2v) is 9.23. The van der Waals surface area contributed by atoms with Crippen LogP contribution in [-0.4, -0.2) is 31.4 Å². The van der Waals surface area contributed by atoms with E-state index in [9.17, 15) is 18.0 Å². The highest BCUT2D eigenvalue weighted by Crippen LogP contribution is 2.33. The van der Waals surface area contributed by atoms with Gasteiger partial charge in [-0.05, 0) is 85.4 Å². The molecule has 3 aromatic rings. The number of halogens is 3. The quantitative estimate of drug-likeness (QED) is 0.463. The van der Waals surface area contributed by atoms with Crippen molar-refractivity contribution in [1.29, 1.82) is 0 Å². The van der Waals surface area contributed by atoms with Crippen LogP contribution in [0.1, 0.15) is 51.4 Å². The Balaban J connectivity index is 1.41. The lowest BCUT2D eigenvalue weighted by Crippen LogP contribution is -2.30. The molecular formula is C28H29F3N2O. The Morgan fingerprint density at radius 3 is 2.47 bits per heavy atom. The minimum atomic E-state index is -4.39. The topological polar surface area (TPSA) is 32.3 Å². The van der Waals surface area contributed by atoms with Gasteiger partial charge in [0.2, 0.25) is 0 Å². The van der Waals surface area contributed by atoms with Gasteiger partial charge in [0.15, 0.2) is 0 Å². The Hall–Kier alpha value is -3.12. The molecule has 1 aliphatic rings. The normalized spacial score (nSPS) is 15.8. The first-order valence-corrected chi connectivity index (χ1v) is 11.5. The van der Waals surface area contributed by atoms with Gasteiger partial charge < -0.3 is 10.2 Å². The average Bonchev–Trinajstić information content (AvgIpc) is 2.81. The molecule has 1 N–H and O–H groups in total. The van der Waals surface area contributed by atoms with Crippen molar-refractivity contribution in [1.82, 2.24) is 10.2 Å². The maximum Gasteiger partial charge on any atom is 0.416 e. The molecule has 0 aromatic heterocycles. The third-order valence-corrected chi connectivity index (χ3v) is 6.32. The van der Waals surface area contributed by atoms with Crippen LogP contribution in [0.3, 0.4) is 0 Å². The van der Waals surface area contributed by atoms with Gasteiger partial charge in [0.05, 0.1) is 5.56 Å². The molecule has 34 heavy (non-hydrogen) atoms. The summed E-state index contributed by atoms with van der Waals surface area (Å²) in [5, 5.41) is 3.05. The van der Waals surface area contributed by atoms with Crippen molar-refractivity contribution in [2.24, 2.45) is 0 Å². The summed E-state index contributed by atoms with van der Waals surface area (Å²) in [7, 11) is 4.12. The van der Waals surface area contributed by atoms with Gasteiger partial charge in [0, 0.05) is 24.6 Å². The van der Waals surface area contributed by atoms with E-state index in [2.05, 4.69) is 42.5 Å². The van der Waals surface area contributed by atoms with Crippen molar-refractivity contribution >= 4 is 5.91 Å². The summed E-state index contributed by atoms with van der Waals surface area (Å²) >= 11 is 0. The number of rotatable bonds is 6. The summed E-state index contributed by atoms with van der Waals surface area (Å²) in [5.74, 6) is 0.109. The lowest BCUT2D eigenvalue weighted by molar-refractivity contribution is -0.137. The summed E-state index contributed by atoms with van der Waals surface area (Å²) in [4.78, 5) is 14.9. The number of aryl methyl sites for hydroxylation is 1. The second kappa shape index (κ2) is 10.0. The van der Waals surface area contributed by atoms with Crippen molar-refractivity contribution < 1.29 is 18.0 Å². The Morgan fingerprint density at radius 2 is 1.76 bits per heavy atom. The molecule has 0 saturated carbocycles. The van der Waals surface area contributed by atoms with Gasteiger partial charge >= 0.3 is 6.18 Å². The first-order valence-electron chi connectivity index (χ1n) is 11.5. The summed E-state index contributed by atoms with van der Waals surface area (Å²) in [6.07, 6.45) is -1.18. The van der Waals surface area contributed by atoms with Crippen LogP contribution in [0.4, 0.5) is 13.2 Å². The van der Waals surface area contributed by atoms with Crippen molar-refractivity contribution in [2.75, 3.05) is 20.6 Å². The van der Waals surface area contributed by atoms with E-state index in [4.69, 9.17) is 0 Å². The average molecular weight is 467 g/mol. The van der Waals surface area contributed by atoms with Gasteiger partial charge in [-0.15, -0.1) is 0 Å². The number of amides is 1. The third-order valence-electron chi connectivity index (χ3n) is 6.32. The molecule has 178 valence electrons. The van der Waals surface area contributed by atoms with Crippen LogP contribution >= 0.6 is 0 Å². The fourth-order valence-electron chi connectivity index (χ4n) is 4.65. The molecule has 0 aliphatic heterocycles. The minimum absolute atomic E-state index is 0.174. The van der Waals surface area contributed by atoms with Crippen LogP contribution in [0, 0.1) is 0 Å². The van der Waals surface area contributed by atoms with E-state index in [1.54, 1.807) is 30.3 Å². The first kappa shape index (κ1) is 24.0. The van der Waals surface area contributed by atoms with Crippen molar-refractivity contribution in [3.05, 3.63) is 94.5 Å². The number of alkyl halides is 3. The highest BCUT2D eigenvalue weighted by Gasteiger charge is 2.30. The molecule has 6 heteroatoms. The summed E-state index contributed by atoms with van der Waals surface area (Å²) in [5.41, 5.74) is 4.90. The molecule has 0 heterocycles. The predicted octanol–water partition coefficient (Wildman–Crippen LogP) is 6.28. The minimum Gasteiger partial charge on any atom is -0.351 e. The van der Waals surface area contributed by atoms with Crippen LogP contribution in [-0.2, 0) is 19.1 Å². The summed E-state index contributed by atoms with van der Waals surface area (Å²) in [6, 6.07) is 18.6. The molecule has 1 atom stereocenters. The number of fused-ring (bicyclic) bond motifs is 1. The Bertz CT molecular complexity index is 1150. The van der Waals surface area contributed by atoms with Gasteiger partial charge in [0.1, 0.15) is 0 Å². The monoisotopic (exact) mass is 466 g/mol. The summed E-state index contributed by atoms with van der Waals surface area (Å²) in [6.45, 7) is 1.47. The van der Waals surface area contributed by atoms with Gasteiger partial charge in [-0.2, -0.15) is 13.2 Å². The number of nitrogens with zero attached hydrogens (tertiary/aromatic N) is 1. The fourth-order valence-corrected chi connectivity index (χ4v) is 4.65. The van der Waals surface area contributed by atoms with E-state index >= 15 is 0 Å². The molecule has 0 radical (unpaired) electrons. The summed E-state index contributed by atoms with van der Waals surface area (Å²) < 4.78 is 39.0. The van der Waals surface area contributed by atoms with Gasteiger partial charge in [0.25, 0.3) is 5.91 Å². The zero-order chi connectivity index (χ0) is 24.3. The predicted molar refractivity (Wildman–Crippen MR) is 129 cm³/mol. The first-order chi connectivity index (χ1) is 16.2. The fraction of sp³-hybridized carbons (Fsp3) is 0.321. The highest BCUT2D eigenvalue weighted by atomic mass is 19.4. The van der Waals surface area contributed by atoms with Crippen LogP contribution in [0.15, 0.2) is 66.7 Å². The SMILES string of the molecule is CN(C)Cc1ccc2c(c1)CCCC2CNC(=O)c1ccc(-c2cccc(C(F)(F)F)c2)cc1. The zero-order valence-corrected chi connectivity index (χ0v) is 19.5. The van der Waals surface area contributed by atoms with E-state index in [0.29, 0.717) is 23.2 Å². The number of hydrogen-bond donors (Lipinski definition) is 1. The number of hydrogen-bond acceptors (Lipinski definition) is 2. The molecule has 0 fully saturated rings. The maximum absolute atomic E-state index is 13.0. The largest absolute Gasteiger partial charge is 0.416 e. The number of benzene rings is 3. The standard InChI is InChI=1S/C28H29F3N2O/c1-33(2)18-19-9-14-26-23(15-19)6-3-7-24(26)17-32-27(34)21-12-10-20(11-13-21)22-5-4-8-25(16-22)28(29,30)31/h4-5,8-16,24H,3,6-7,17-18H2,1-2H3,(H,32,34). The van der Waals surface area contributed by atoms with Crippen LogP contribution in [0.2, 0.25) is 0 Å². The van der Waals surface area contributed by atoms with E-state index in [-0.39, 0.29) is 11.8 Å². The molecule has 3 aromatic carbocycles. The Kier molecular flexibility index (Phi) is 7.08. The third kappa shape index (κ3) is 5.68. The lowest BCUT2D eigenvalue weighted by atomic mass is 9.82. The smallest absolute Gasteiger partial charge is 0.351 e. The van der Waals surface area contributed by atoms with E-state index in [0.717, 1.165) is 37.9 Å². The molecular weight excluding hydrogens is 437 g/mol. The number of carbonyl (C=O) groups is 1. The van der Waals surface area contributed by atoms with Crippen molar-refractivity contribution in [3.8, 4) is 11.1 Å². The lowest BCUT2D eigenvalue weighted by Gasteiger charge is -2.26. The number of carbonyl (C=O) groups excluding carboxylic acids is 1. The van der Waals surface area contributed by atoms with Gasteiger partial charge in [-0.3, -0.25) is 4.79 Å². The van der Waals surface area contributed by atoms with Gasteiger partial charge in [-0.25, -0.2) is 0 Å². The van der Waals surface area contributed by atoms with Gasteiger partial charge in [-0.1, -0.05) is 42.5 Å². The van der Waals surface area contributed by atoms with Crippen molar-refractivity contribution in [2.45, 2.75) is 37.9 Å². The molecule has 1 amide bonds. The Labute approximate surface area is 198 Å². The molecule has 0 bridgehead atoms. The van der Waals surface area contributed by atoms with E-state index in [1.165, 1.54) is 22.8 Å². The van der Waals surface area contributed by atoms with E-state index in [1.807, 2.05) is 0 Å². The van der Waals surface area contributed by atoms with Crippen molar-refractivity contribution in [3.63, 3.8) is 0 Å². The number of nitrogens with one attached hydrogen (secondary N) is 1. The molecule has 1 unspecified atom stereocenters. The zero-order valence-electron chi connectivity index (χ0n) is 19.5. The molecule has 0 saturated heterocycles. The maximum atomic E-state index is 13.0. The second-order valence-electron chi connectivity index (χ2n) is 9.23. The van der Waals surface area contributed by atoms with Crippen LogP contribution in [0.25, 0.3) is 11.1 Å². The highest BCUT2D eigenvalue weighted by molar-refractivity contribution is 5.94. The van der Waals surface area contributed by atoms with E-state index < -0.39 is 11.7 Å². The molecule has 1 aliphatic carbocycles. The molecule has 0 spiro atoms. The molecule has 4 rings (SSSR count). The molecule has 3 nitrogen and oxygen atoms in total. The van der Waals surface area contributed by atoms with Crippen LogP contribution in [0.5, 0.6) is 0 Å². The van der Waals surface area contributed by atoms with Crippen LogP contribution < -0.4 is 5.32 Å².